The smallest absolute Gasteiger partial charge is 0.162 e. The van der Waals surface area contributed by atoms with Gasteiger partial charge in [0.2, 0.25) is 0 Å². The predicted molar refractivity (Wildman–Crippen MR) is 233 cm³/mol. The number of para-hydroxylation sites is 2. The molecule has 5 heterocycles. The Labute approximate surface area is 328 Å². The maximum atomic E-state index is 6.64. The first-order valence-electron chi connectivity index (χ1n) is 19.0. The summed E-state index contributed by atoms with van der Waals surface area (Å²) in [6.07, 6.45) is 3.59. The minimum atomic E-state index is 0.791. The molecule has 5 heteroatoms. The van der Waals surface area contributed by atoms with Crippen LogP contribution in [0.15, 0.2) is 199 Å². The van der Waals surface area contributed by atoms with Crippen molar-refractivity contribution in [1.29, 1.82) is 0 Å². The molecule has 0 spiro atoms. The summed E-state index contributed by atoms with van der Waals surface area (Å²) in [4.78, 5) is 19.6. The molecule has 0 fully saturated rings. The summed E-state index contributed by atoms with van der Waals surface area (Å²) >= 11 is 0. The SMILES string of the molecule is c1ccc(-c2cc(-c3cccc(-c4ccc(-c5nc6c(-c7ccc8ccccc8c7)cccc6c6c5oc5ccccc56)cc4)c3)cc(-c3ccccn3)n2)nc1. The molecule has 11 aromatic rings. The first-order chi connectivity index (χ1) is 28.2. The lowest BCUT2D eigenvalue weighted by Crippen LogP contribution is -1.94. The van der Waals surface area contributed by atoms with Crippen LogP contribution in [0.4, 0.5) is 0 Å². The summed E-state index contributed by atoms with van der Waals surface area (Å²) < 4.78 is 6.64. The molecule has 0 amide bonds. The maximum absolute atomic E-state index is 6.64. The summed E-state index contributed by atoms with van der Waals surface area (Å²) in [6, 6.07) is 63.2. The molecular weight excluding hydrogens is 697 g/mol. The number of hydrogen-bond acceptors (Lipinski definition) is 5. The van der Waals surface area contributed by atoms with Gasteiger partial charge in [0.1, 0.15) is 11.3 Å². The lowest BCUT2D eigenvalue weighted by Gasteiger charge is -2.12. The zero-order valence-corrected chi connectivity index (χ0v) is 30.7. The second-order valence-corrected chi connectivity index (χ2v) is 14.2. The van der Waals surface area contributed by atoms with E-state index < -0.39 is 0 Å². The molecule has 11 rings (SSSR count). The molecule has 6 aromatic carbocycles. The molecule has 0 N–H and O–H groups in total. The van der Waals surface area contributed by atoms with Crippen LogP contribution in [-0.2, 0) is 0 Å². The number of hydrogen-bond donors (Lipinski definition) is 0. The van der Waals surface area contributed by atoms with Crippen LogP contribution in [0.25, 0.3) is 111 Å². The first kappa shape index (κ1) is 32.7. The van der Waals surface area contributed by atoms with E-state index in [1.54, 1.807) is 12.4 Å². The topological polar surface area (TPSA) is 64.7 Å². The summed E-state index contributed by atoms with van der Waals surface area (Å²) in [5, 5.41) is 5.66. The maximum Gasteiger partial charge on any atom is 0.162 e. The predicted octanol–water partition coefficient (Wildman–Crippen LogP) is 13.5. The van der Waals surface area contributed by atoms with Gasteiger partial charge in [-0.25, -0.2) is 9.97 Å². The molecule has 57 heavy (non-hydrogen) atoms. The van der Waals surface area contributed by atoms with Crippen molar-refractivity contribution in [2.75, 3.05) is 0 Å². The molecule has 0 aliphatic rings. The van der Waals surface area contributed by atoms with Crippen LogP contribution < -0.4 is 0 Å². The lowest BCUT2D eigenvalue weighted by atomic mass is 9.95. The van der Waals surface area contributed by atoms with Crippen LogP contribution in [0.3, 0.4) is 0 Å². The number of aromatic nitrogens is 4. The highest BCUT2D eigenvalue weighted by molar-refractivity contribution is 6.22. The van der Waals surface area contributed by atoms with Crippen molar-refractivity contribution in [2.45, 2.75) is 0 Å². The Bertz CT molecular complexity index is 3230. The fraction of sp³-hybridized carbons (Fsp3) is 0. The van der Waals surface area contributed by atoms with E-state index in [0.29, 0.717) is 0 Å². The van der Waals surface area contributed by atoms with Crippen molar-refractivity contribution in [3.63, 3.8) is 0 Å². The van der Waals surface area contributed by atoms with Crippen LogP contribution in [0.5, 0.6) is 0 Å². The average Bonchev–Trinajstić information content (AvgIpc) is 3.69. The minimum Gasteiger partial charge on any atom is -0.454 e. The van der Waals surface area contributed by atoms with Gasteiger partial charge < -0.3 is 4.42 Å². The number of benzene rings is 6. The standard InChI is InChI=1S/C52H32N4O/c1-2-12-36-30-39(26-23-33(36)11-1)41-16-10-17-43-49-42-15-3-4-20-48(42)57-52(49)50(56-51(41)43)35-24-21-34(22-25-35)37-13-9-14-38(29-37)40-31-46(44-18-5-7-27-53-44)55-47(32-40)45-19-6-8-28-54-45/h1-32H. The van der Waals surface area contributed by atoms with Gasteiger partial charge in [-0.15, -0.1) is 0 Å². The summed E-state index contributed by atoms with van der Waals surface area (Å²) in [5.74, 6) is 0. The van der Waals surface area contributed by atoms with E-state index in [9.17, 15) is 0 Å². The average molecular weight is 729 g/mol. The zero-order chi connectivity index (χ0) is 37.7. The highest BCUT2D eigenvalue weighted by Crippen LogP contribution is 2.42. The van der Waals surface area contributed by atoms with Crippen LogP contribution in [0.1, 0.15) is 0 Å². The molecule has 5 nitrogen and oxygen atoms in total. The number of pyridine rings is 4. The molecule has 0 saturated carbocycles. The molecule has 0 atom stereocenters. The number of nitrogens with zero attached hydrogens (tertiary/aromatic N) is 4. The molecule has 0 aliphatic heterocycles. The molecular formula is C52H32N4O. The molecule has 0 saturated heterocycles. The minimum absolute atomic E-state index is 0.791. The summed E-state index contributed by atoms with van der Waals surface area (Å²) in [7, 11) is 0. The number of furan rings is 1. The van der Waals surface area contributed by atoms with Gasteiger partial charge in [-0.05, 0) is 93.2 Å². The highest BCUT2D eigenvalue weighted by atomic mass is 16.3. The summed E-state index contributed by atoms with van der Waals surface area (Å²) in [5.41, 5.74) is 14.2. The van der Waals surface area contributed by atoms with Gasteiger partial charge in [-0.1, -0.05) is 127 Å². The summed E-state index contributed by atoms with van der Waals surface area (Å²) in [6.45, 7) is 0. The quantitative estimate of drug-likeness (QED) is 0.171. The second kappa shape index (κ2) is 13.5. The second-order valence-electron chi connectivity index (χ2n) is 14.2. The molecule has 5 aromatic heterocycles. The fourth-order valence-corrected chi connectivity index (χ4v) is 7.98. The van der Waals surface area contributed by atoms with Crippen molar-refractivity contribution in [1.82, 2.24) is 19.9 Å². The van der Waals surface area contributed by atoms with E-state index >= 15 is 0 Å². The Morgan fingerprint density at radius 1 is 0.368 bits per heavy atom. The Kier molecular flexibility index (Phi) is 7.74. The van der Waals surface area contributed by atoms with Crippen molar-refractivity contribution < 1.29 is 4.42 Å². The lowest BCUT2D eigenvalue weighted by molar-refractivity contribution is 0.669. The van der Waals surface area contributed by atoms with Gasteiger partial charge in [0.05, 0.1) is 28.3 Å². The van der Waals surface area contributed by atoms with Crippen LogP contribution in [0.2, 0.25) is 0 Å². The van der Waals surface area contributed by atoms with E-state index in [1.807, 2.05) is 48.5 Å². The van der Waals surface area contributed by atoms with Gasteiger partial charge >= 0.3 is 0 Å². The van der Waals surface area contributed by atoms with Crippen molar-refractivity contribution in [2.24, 2.45) is 0 Å². The van der Waals surface area contributed by atoms with E-state index in [1.165, 1.54) is 10.8 Å². The number of fused-ring (bicyclic) bond motifs is 6. The van der Waals surface area contributed by atoms with Gasteiger partial charge in [0.25, 0.3) is 0 Å². The van der Waals surface area contributed by atoms with E-state index in [0.717, 1.165) is 100 Å². The molecule has 0 unspecified atom stereocenters. The van der Waals surface area contributed by atoms with E-state index in [-0.39, 0.29) is 0 Å². The van der Waals surface area contributed by atoms with Crippen molar-refractivity contribution in [3.05, 3.63) is 194 Å². The molecule has 0 radical (unpaired) electrons. The molecule has 266 valence electrons. The van der Waals surface area contributed by atoms with Gasteiger partial charge in [0.15, 0.2) is 5.58 Å². The normalized spacial score (nSPS) is 11.5. The third kappa shape index (κ3) is 5.81. The molecule has 0 aliphatic carbocycles. The molecule has 0 bridgehead atoms. The van der Waals surface area contributed by atoms with Crippen molar-refractivity contribution >= 4 is 43.6 Å². The number of rotatable bonds is 6. The highest BCUT2D eigenvalue weighted by Gasteiger charge is 2.20. The van der Waals surface area contributed by atoms with Gasteiger partial charge in [0, 0.05) is 39.7 Å². The van der Waals surface area contributed by atoms with E-state index in [2.05, 4.69) is 143 Å². The van der Waals surface area contributed by atoms with Crippen molar-refractivity contribution in [3.8, 4) is 67.4 Å². The Morgan fingerprint density at radius 3 is 1.75 bits per heavy atom. The van der Waals surface area contributed by atoms with Gasteiger partial charge in [-0.3, -0.25) is 9.97 Å². The monoisotopic (exact) mass is 728 g/mol. The first-order valence-corrected chi connectivity index (χ1v) is 19.0. The Balaban J connectivity index is 1.02. The third-order valence-corrected chi connectivity index (χ3v) is 10.8. The largest absolute Gasteiger partial charge is 0.454 e. The van der Waals surface area contributed by atoms with Gasteiger partial charge in [-0.2, -0.15) is 0 Å². The Morgan fingerprint density at radius 2 is 1.00 bits per heavy atom. The Hall–Kier alpha value is -7.76. The third-order valence-electron chi connectivity index (χ3n) is 10.8. The fourth-order valence-electron chi connectivity index (χ4n) is 7.98. The van der Waals surface area contributed by atoms with E-state index in [4.69, 9.17) is 14.4 Å². The zero-order valence-electron chi connectivity index (χ0n) is 30.7. The van der Waals surface area contributed by atoms with Crippen LogP contribution in [0, 0.1) is 0 Å². The van der Waals surface area contributed by atoms with Crippen LogP contribution in [-0.4, -0.2) is 19.9 Å². The van der Waals surface area contributed by atoms with Crippen LogP contribution >= 0.6 is 0 Å².